The summed E-state index contributed by atoms with van der Waals surface area (Å²) in [5.74, 6) is 0. The minimum atomic E-state index is -0.174. The number of nitrogens with zero attached hydrogens (tertiary/aromatic N) is 1. The molecule has 0 N–H and O–H groups in total. The second-order valence-corrected chi connectivity index (χ2v) is 7.25. The zero-order chi connectivity index (χ0) is 16.6. The van der Waals surface area contributed by atoms with Crippen LogP contribution in [0, 0.1) is 0 Å². The lowest BCUT2D eigenvalue weighted by molar-refractivity contribution is -0.401. The zero-order valence-corrected chi connectivity index (χ0v) is 15.8. The third-order valence-corrected chi connectivity index (χ3v) is 3.82. The maximum absolute atomic E-state index is 5.33. The van der Waals surface area contributed by atoms with Gasteiger partial charge in [0.15, 0.2) is 0 Å². The summed E-state index contributed by atoms with van der Waals surface area (Å²) >= 11 is 0. The summed E-state index contributed by atoms with van der Waals surface area (Å²) in [6.07, 6.45) is 1.90. The Hall–Kier alpha value is -0.120. The monoisotopic (exact) mass is 289 g/mol. The van der Waals surface area contributed by atoms with Crippen LogP contribution in [0.4, 0.5) is 0 Å². The normalized spacial score (nSPS) is 12.9. The number of hydrogen-bond acceptors (Lipinski definition) is 3. The van der Waals surface area contributed by atoms with Crippen LogP contribution in [0.25, 0.3) is 0 Å². The molecule has 0 aromatic carbocycles. The van der Waals surface area contributed by atoms with E-state index < -0.39 is 0 Å². The molecule has 0 atom stereocenters. The average molecular weight is 290 g/mol. The smallest absolute Gasteiger partial charge is 0.0977 e. The molecule has 3 heteroatoms. The van der Waals surface area contributed by atoms with Gasteiger partial charge in [0.2, 0.25) is 0 Å². The number of rotatable bonds is 7. The van der Waals surface area contributed by atoms with Crippen molar-refractivity contribution in [2.24, 2.45) is 0 Å². The van der Waals surface area contributed by atoms with E-state index in [-0.39, 0.29) is 11.2 Å². The summed E-state index contributed by atoms with van der Waals surface area (Å²) < 4.78 is 0. The van der Waals surface area contributed by atoms with Crippen LogP contribution in [-0.2, 0) is 9.78 Å². The van der Waals surface area contributed by atoms with Crippen molar-refractivity contribution in [1.29, 1.82) is 0 Å². The Kier molecular flexibility index (Phi) is 10.8. The molecular weight excluding hydrogens is 250 g/mol. The van der Waals surface area contributed by atoms with Crippen LogP contribution in [0.5, 0.6) is 0 Å². The molecule has 0 aliphatic rings. The molecule has 0 amide bonds. The first-order chi connectivity index (χ1) is 8.88. The van der Waals surface area contributed by atoms with E-state index >= 15 is 0 Å². The lowest BCUT2D eigenvalue weighted by atomic mass is 10.1. The molecule has 3 nitrogen and oxygen atoms in total. The molecule has 0 aliphatic carbocycles. The minimum absolute atomic E-state index is 0.174. The molecule has 0 heterocycles. The van der Waals surface area contributed by atoms with E-state index in [9.17, 15) is 0 Å². The van der Waals surface area contributed by atoms with Gasteiger partial charge in [-0.2, -0.15) is 0 Å². The van der Waals surface area contributed by atoms with Crippen LogP contribution in [-0.4, -0.2) is 35.2 Å². The fraction of sp³-hybridized carbons (Fsp3) is 1.00. The Morgan fingerprint density at radius 1 is 0.750 bits per heavy atom. The van der Waals surface area contributed by atoms with E-state index in [1.54, 1.807) is 0 Å². The molecule has 0 saturated heterocycles. The van der Waals surface area contributed by atoms with Crippen molar-refractivity contribution >= 4 is 0 Å². The van der Waals surface area contributed by atoms with Gasteiger partial charge >= 0.3 is 0 Å². The first-order valence-corrected chi connectivity index (χ1v) is 7.97. The summed E-state index contributed by atoms with van der Waals surface area (Å²) in [4.78, 5) is 13.0. The summed E-state index contributed by atoms with van der Waals surface area (Å²) in [6, 6.07) is 1.35. The fourth-order valence-electron chi connectivity index (χ4n) is 0.940. The van der Waals surface area contributed by atoms with E-state index in [1.807, 2.05) is 27.7 Å². The molecule has 0 saturated carbocycles. The predicted molar refractivity (Wildman–Crippen MR) is 88.9 cm³/mol. The molecular formula is C17H39NO2. The first-order valence-electron chi connectivity index (χ1n) is 7.97. The second kappa shape index (κ2) is 9.75. The Bertz CT molecular complexity index is 211. The van der Waals surface area contributed by atoms with Gasteiger partial charge in [0.05, 0.1) is 11.2 Å². The van der Waals surface area contributed by atoms with Crippen LogP contribution in [0.2, 0.25) is 0 Å². The van der Waals surface area contributed by atoms with Crippen LogP contribution in [0.3, 0.4) is 0 Å². The molecule has 0 aliphatic heterocycles. The SMILES string of the molecule is CC(C)N(C)C(C)C.CCC(C)(C)OOC(C)(C)CC. The van der Waals surface area contributed by atoms with Gasteiger partial charge in [0, 0.05) is 12.1 Å². The molecule has 0 radical (unpaired) electrons. The van der Waals surface area contributed by atoms with E-state index in [1.165, 1.54) is 0 Å². The van der Waals surface area contributed by atoms with Crippen molar-refractivity contribution in [1.82, 2.24) is 4.90 Å². The minimum Gasteiger partial charge on any atom is -0.302 e. The largest absolute Gasteiger partial charge is 0.302 e. The van der Waals surface area contributed by atoms with E-state index in [2.05, 4.69) is 53.5 Å². The lowest BCUT2D eigenvalue weighted by Crippen LogP contribution is -2.32. The quantitative estimate of drug-likeness (QED) is 0.484. The van der Waals surface area contributed by atoms with Gasteiger partial charge in [-0.25, -0.2) is 9.78 Å². The third-order valence-electron chi connectivity index (χ3n) is 3.82. The highest BCUT2D eigenvalue weighted by molar-refractivity contribution is 4.66. The highest BCUT2D eigenvalue weighted by atomic mass is 17.2. The Balaban J connectivity index is 0. The summed E-state index contributed by atoms with van der Waals surface area (Å²) in [6.45, 7) is 21.1. The van der Waals surface area contributed by atoms with E-state index in [4.69, 9.17) is 9.78 Å². The topological polar surface area (TPSA) is 21.7 Å². The Morgan fingerprint density at radius 3 is 1.10 bits per heavy atom. The molecule has 0 unspecified atom stereocenters. The maximum Gasteiger partial charge on any atom is 0.0977 e. The van der Waals surface area contributed by atoms with Crippen molar-refractivity contribution in [3.05, 3.63) is 0 Å². The molecule has 0 fully saturated rings. The average Bonchev–Trinajstić information content (AvgIpc) is 2.36. The molecule has 0 spiro atoms. The second-order valence-electron chi connectivity index (χ2n) is 7.25. The summed E-state index contributed by atoms with van der Waals surface area (Å²) in [5, 5.41) is 0. The zero-order valence-electron chi connectivity index (χ0n) is 15.8. The maximum atomic E-state index is 5.33. The van der Waals surface area contributed by atoms with Gasteiger partial charge in [-0.3, -0.25) is 0 Å². The van der Waals surface area contributed by atoms with Crippen molar-refractivity contribution < 1.29 is 9.78 Å². The van der Waals surface area contributed by atoms with Gasteiger partial charge in [0.25, 0.3) is 0 Å². The van der Waals surface area contributed by atoms with E-state index in [0.29, 0.717) is 12.1 Å². The standard InChI is InChI=1S/C10H22O2.C7H17N/c1-7-9(3,4)11-12-10(5,6)8-2;1-6(2)8(5)7(3)4/h7-8H2,1-6H3;6-7H,1-5H3. The van der Waals surface area contributed by atoms with Crippen LogP contribution in [0.1, 0.15) is 82.1 Å². The molecule has 20 heavy (non-hydrogen) atoms. The van der Waals surface area contributed by atoms with Gasteiger partial charge in [-0.15, -0.1) is 0 Å². The molecule has 0 aromatic rings. The molecule has 0 bridgehead atoms. The van der Waals surface area contributed by atoms with Crippen molar-refractivity contribution in [2.75, 3.05) is 7.05 Å². The van der Waals surface area contributed by atoms with Gasteiger partial charge in [-0.1, -0.05) is 13.8 Å². The van der Waals surface area contributed by atoms with Crippen molar-refractivity contribution in [3.8, 4) is 0 Å². The summed E-state index contributed by atoms with van der Waals surface area (Å²) in [7, 11) is 2.15. The third kappa shape index (κ3) is 11.7. The van der Waals surface area contributed by atoms with Gasteiger partial charge < -0.3 is 4.90 Å². The van der Waals surface area contributed by atoms with E-state index in [0.717, 1.165) is 12.8 Å². The van der Waals surface area contributed by atoms with Crippen molar-refractivity contribution in [2.45, 2.75) is 105 Å². The molecule has 0 aromatic heterocycles. The fourth-order valence-corrected chi connectivity index (χ4v) is 0.940. The Labute approximate surface area is 128 Å². The molecule has 0 rings (SSSR count). The first kappa shape index (κ1) is 22.2. The highest BCUT2D eigenvalue weighted by Crippen LogP contribution is 2.21. The lowest BCUT2D eigenvalue weighted by Gasteiger charge is -2.29. The van der Waals surface area contributed by atoms with Crippen molar-refractivity contribution in [3.63, 3.8) is 0 Å². The number of hydrogen-bond donors (Lipinski definition) is 0. The summed E-state index contributed by atoms with van der Waals surface area (Å²) in [5.41, 5.74) is -0.348. The Morgan fingerprint density at radius 2 is 1.00 bits per heavy atom. The van der Waals surface area contributed by atoms with Crippen LogP contribution in [0.15, 0.2) is 0 Å². The van der Waals surface area contributed by atoms with Gasteiger partial charge in [-0.05, 0) is 75.3 Å². The molecule has 124 valence electrons. The van der Waals surface area contributed by atoms with Gasteiger partial charge in [0.1, 0.15) is 0 Å². The van der Waals surface area contributed by atoms with Crippen LogP contribution < -0.4 is 0 Å². The van der Waals surface area contributed by atoms with Crippen LogP contribution >= 0.6 is 0 Å². The highest BCUT2D eigenvalue weighted by Gasteiger charge is 2.23. The predicted octanol–water partition coefficient (Wildman–Crippen LogP) is 5.05.